The van der Waals surface area contributed by atoms with E-state index < -0.39 is 11.9 Å². The van der Waals surface area contributed by atoms with Gasteiger partial charge in [0.05, 0.1) is 12.5 Å². The molecule has 3 nitrogen and oxygen atoms in total. The summed E-state index contributed by atoms with van der Waals surface area (Å²) in [5.41, 5.74) is 0.198. The first-order chi connectivity index (χ1) is 8.00. The molecular formula is C12H15ClFNO2. The maximum absolute atomic E-state index is 13.4. The summed E-state index contributed by atoms with van der Waals surface area (Å²) in [5.74, 6) is -0.791. The number of amides is 1. The maximum atomic E-state index is 13.4. The molecule has 5 heteroatoms. The van der Waals surface area contributed by atoms with Crippen molar-refractivity contribution in [2.45, 2.75) is 25.9 Å². The number of aliphatic hydroxyl groups is 1. The third-order valence-electron chi connectivity index (χ3n) is 2.28. The highest BCUT2D eigenvalue weighted by molar-refractivity contribution is 6.31. The van der Waals surface area contributed by atoms with Crippen LogP contribution in [0.1, 0.15) is 18.9 Å². The normalized spacial score (nSPS) is 12.2. The molecule has 1 amide bonds. The molecule has 0 bridgehead atoms. The van der Waals surface area contributed by atoms with Crippen molar-refractivity contribution in [3.05, 3.63) is 34.6 Å². The molecule has 0 aliphatic heterocycles. The van der Waals surface area contributed by atoms with Gasteiger partial charge < -0.3 is 10.4 Å². The van der Waals surface area contributed by atoms with Crippen LogP contribution in [0.2, 0.25) is 5.02 Å². The van der Waals surface area contributed by atoms with Gasteiger partial charge in [0.25, 0.3) is 0 Å². The average Bonchev–Trinajstić information content (AvgIpc) is 2.23. The van der Waals surface area contributed by atoms with E-state index in [9.17, 15) is 9.18 Å². The lowest BCUT2D eigenvalue weighted by Gasteiger charge is -2.08. The van der Waals surface area contributed by atoms with E-state index in [-0.39, 0.29) is 22.9 Å². The Balaban J connectivity index is 2.51. The van der Waals surface area contributed by atoms with Crippen molar-refractivity contribution in [3.8, 4) is 0 Å². The van der Waals surface area contributed by atoms with E-state index in [0.29, 0.717) is 13.0 Å². The average molecular weight is 260 g/mol. The Hall–Kier alpha value is -1.13. The zero-order chi connectivity index (χ0) is 12.8. The number of hydrogen-bond donors (Lipinski definition) is 2. The van der Waals surface area contributed by atoms with Gasteiger partial charge in [0.1, 0.15) is 5.82 Å². The molecule has 1 atom stereocenters. The number of aliphatic hydroxyl groups excluding tert-OH is 1. The van der Waals surface area contributed by atoms with Gasteiger partial charge in [-0.1, -0.05) is 17.7 Å². The summed E-state index contributed by atoms with van der Waals surface area (Å²) >= 11 is 5.80. The van der Waals surface area contributed by atoms with E-state index in [4.69, 9.17) is 16.7 Å². The second kappa shape index (κ2) is 6.57. The highest BCUT2D eigenvalue weighted by atomic mass is 35.5. The van der Waals surface area contributed by atoms with E-state index >= 15 is 0 Å². The highest BCUT2D eigenvalue weighted by Gasteiger charge is 2.11. The van der Waals surface area contributed by atoms with Gasteiger partial charge in [-0.2, -0.15) is 0 Å². The number of carbonyl (C=O) groups excluding carboxylic acids is 1. The van der Waals surface area contributed by atoms with Gasteiger partial charge in [-0.05, 0) is 25.5 Å². The third-order valence-corrected chi connectivity index (χ3v) is 2.64. The van der Waals surface area contributed by atoms with Gasteiger partial charge in [-0.25, -0.2) is 4.39 Å². The SMILES string of the molecule is CC(O)CCNC(=O)Cc1c(F)cccc1Cl. The molecule has 1 rings (SSSR count). The fourth-order valence-electron chi connectivity index (χ4n) is 1.34. The van der Waals surface area contributed by atoms with Crippen LogP contribution in [0.3, 0.4) is 0 Å². The lowest BCUT2D eigenvalue weighted by molar-refractivity contribution is -0.120. The molecule has 1 aromatic rings. The molecule has 0 spiro atoms. The Morgan fingerprint density at radius 1 is 1.59 bits per heavy atom. The Labute approximate surface area is 105 Å². The maximum Gasteiger partial charge on any atom is 0.224 e. The van der Waals surface area contributed by atoms with Crippen LogP contribution in [0, 0.1) is 5.82 Å². The smallest absolute Gasteiger partial charge is 0.224 e. The summed E-state index contributed by atoms with van der Waals surface area (Å²) in [4.78, 5) is 11.5. The van der Waals surface area contributed by atoms with Crippen molar-refractivity contribution in [1.82, 2.24) is 5.32 Å². The molecule has 17 heavy (non-hydrogen) atoms. The number of hydrogen-bond acceptors (Lipinski definition) is 2. The second-order valence-corrected chi connectivity index (χ2v) is 4.27. The molecule has 0 aliphatic carbocycles. The molecular weight excluding hydrogens is 245 g/mol. The first-order valence-electron chi connectivity index (χ1n) is 5.38. The summed E-state index contributed by atoms with van der Waals surface area (Å²) in [6.07, 6.45) is -0.0884. The molecule has 1 unspecified atom stereocenters. The Morgan fingerprint density at radius 2 is 2.29 bits per heavy atom. The second-order valence-electron chi connectivity index (χ2n) is 3.86. The largest absolute Gasteiger partial charge is 0.393 e. The zero-order valence-corrected chi connectivity index (χ0v) is 10.3. The molecule has 0 aliphatic rings. The van der Waals surface area contributed by atoms with Crippen molar-refractivity contribution < 1.29 is 14.3 Å². The molecule has 1 aromatic carbocycles. The van der Waals surface area contributed by atoms with Gasteiger partial charge in [0.15, 0.2) is 0 Å². The van der Waals surface area contributed by atoms with E-state index in [2.05, 4.69) is 5.32 Å². The first kappa shape index (κ1) is 13.9. The summed E-state index contributed by atoms with van der Waals surface area (Å²) in [6.45, 7) is 2.00. The summed E-state index contributed by atoms with van der Waals surface area (Å²) in [6, 6.07) is 4.31. The lowest BCUT2D eigenvalue weighted by Crippen LogP contribution is -2.28. The Bertz CT molecular complexity index is 376. The van der Waals surface area contributed by atoms with E-state index in [0.717, 1.165) is 0 Å². The number of halogens is 2. The summed E-state index contributed by atoms with van der Waals surface area (Å²) < 4.78 is 13.4. The van der Waals surface area contributed by atoms with Crippen LogP contribution in [0.4, 0.5) is 4.39 Å². The highest BCUT2D eigenvalue weighted by Crippen LogP contribution is 2.19. The van der Waals surface area contributed by atoms with Gasteiger partial charge in [0.2, 0.25) is 5.91 Å². The molecule has 0 saturated carbocycles. The molecule has 0 radical (unpaired) electrons. The van der Waals surface area contributed by atoms with Gasteiger partial charge >= 0.3 is 0 Å². The van der Waals surface area contributed by atoms with Crippen LogP contribution in [0.5, 0.6) is 0 Å². The minimum Gasteiger partial charge on any atom is -0.393 e. The van der Waals surface area contributed by atoms with Crippen molar-refractivity contribution in [2.75, 3.05) is 6.54 Å². The molecule has 0 fully saturated rings. The lowest BCUT2D eigenvalue weighted by atomic mass is 10.1. The third kappa shape index (κ3) is 4.71. The number of carbonyl (C=O) groups is 1. The van der Waals surface area contributed by atoms with Crippen LogP contribution in [0.25, 0.3) is 0 Å². The summed E-state index contributed by atoms with van der Waals surface area (Å²) in [5, 5.41) is 11.8. The first-order valence-corrected chi connectivity index (χ1v) is 5.76. The van der Waals surface area contributed by atoms with Crippen molar-refractivity contribution in [3.63, 3.8) is 0 Å². The fourth-order valence-corrected chi connectivity index (χ4v) is 1.57. The standard InChI is InChI=1S/C12H15ClFNO2/c1-8(16)5-6-15-12(17)7-9-10(13)3-2-4-11(9)14/h2-4,8,16H,5-7H2,1H3,(H,15,17). The molecule has 94 valence electrons. The predicted octanol–water partition coefficient (Wildman–Crippen LogP) is 1.91. The van der Waals surface area contributed by atoms with E-state index in [1.165, 1.54) is 12.1 Å². The Morgan fingerprint density at radius 3 is 2.88 bits per heavy atom. The van der Waals surface area contributed by atoms with Gasteiger partial charge in [-0.3, -0.25) is 4.79 Å². The molecule has 0 aromatic heterocycles. The molecule has 0 saturated heterocycles. The quantitative estimate of drug-likeness (QED) is 0.849. The van der Waals surface area contributed by atoms with Crippen LogP contribution < -0.4 is 5.32 Å². The number of benzene rings is 1. The van der Waals surface area contributed by atoms with Crippen LogP contribution in [-0.4, -0.2) is 23.7 Å². The fraction of sp³-hybridized carbons (Fsp3) is 0.417. The van der Waals surface area contributed by atoms with Crippen molar-refractivity contribution in [2.24, 2.45) is 0 Å². The minimum absolute atomic E-state index is 0.0919. The minimum atomic E-state index is -0.483. The van der Waals surface area contributed by atoms with Crippen LogP contribution >= 0.6 is 11.6 Å². The number of rotatable bonds is 5. The van der Waals surface area contributed by atoms with Crippen molar-refractivity contribution in [1.29, 1.82) is 0 Å². The van der Waals surface area contributed by atoms with Gasteiger partial charge in [0, 0.05) is 17.1 Å². The zero-order valence-electron chi connectivity index (χ0n) is 9.54. The Kier molecular flexibility index (Phi) is 5.38. The van der Waals surface area contributed by atoms with E-state index in [1.54, 1.807) is 13.0 Å². The topological polar surface area (TPSA) is 49.3 Å². The van der Waals surface area contributed by atoms with Crippen molar-refractivity contribution >= 4 is 17.5 Å². The molecule has 2 N–H and O–H groups in total. The number of nitrogens with one attached hydrogen (secondary N) is 1. The van der Waals surface area contributed by atoms with Gasteiger partial charge in [-0.15, -0.1) is 0 Å². The predicted molar refractivity (Wildman–Crippen MR) is 64.4 cm³/mol. The summed E-state index contributed by atoms with van der Waals surface area (Å²) in [7, 11) is 0. The van der Waals surface area contributed by atoms with Crippen LogP contribution in [0.15, 0.2) is 18.2 Å². The monoisotopic (exact) mass is 259 g/mol. The molecule has 0 heterocycles. The van der Waals surface area contributed by atoms with Crippen LogP contribution in [-0.2, 0) is 11.2 Å². The van der Waals surface area contributed by atoms with E-state index in [1.807, 2.05) is 0 Å².